The Kier molecular flexibility index (Phi) is 24.5. The molecule has 0 bridgehead atoms. The molecule has 0 radical (unpaired) electrons. The highest BCUT2D eigenvalue weighted by molar-refractivity contribution is 8.76. The van der Waals surface area contributed by atoms with Gasteiger partial charge in [-0.25, -0.2) is 0 Å². The molecule has 0 spiro atoms. The van der Waals surface area contributed by atoms with Gasteiger partial charge in [0, 0.05) is 37.4 Å². The summed E-state index contributed by atoms with van der Waals surface area (Å²) in [7, 11) is 2.07. The van der Waals surface area contributed by atoms with Crippen LogP contribution in [0, 0.1) is 5.92 Å². The van der Waals surface area contributed by atoms with Gasteiger partial charge in [0.25, 0.3) is 0 Å². The summed E-state index contributed by atoms with van der Waals surface area (Å²) in [6.07, 6.45) is 0.0250. The summed E-state index contributed by atoms with van der Waals surface area (Å²) in [5.74, 6) is -10.4. The Bertz CT molecular complexity index is 2480. The lowest BCUT2D eigenvalue weighted by atomic mass is 9.96. The second kappa shape index (κ2) is 30.4. The number of amides is 11. The van der Waals surface area contributed by atoms with E-state index in [-0.39, 0.29) is 49.8 Å². The van der Waals surface area contributed by atoms with Crippen LogP contribution < -0.4 is 71.6 Å². The average Bonchev–Trinajstić information content (AvgIpc) is 3.87. The first-order valence-electron chi connectivity index (χ1n) is 24.9. The molecule has 0 aliphatic carbocycles. The number of nitrogens with two attached hydrogens (primary N) is 6. The molecule has 2 saturated heterocycles. The standard InChI is InChI=1S/C48H71N15O11S2/c1-3-25(2)39-46(73)58-31(15-16-36(50)64)42(69)60-33(21-37(51)65)43(70)61-34(24-76-75-23-29(49)40(67)59-32(44(71)62-39)20-26-13-14-27-9-4-5-10-28(27)19-26)47(74)63-18-8-12-35(63)45(72)57-30(41(68)56-22-38(52)66)11-6-7-17-55-48(53)54/h4-5,9-10,13-14,19,25,29-35,39H,3,6-8,11-12,15-18,20-24,49H2,1-2H3,(H2,50,64)(H2,51,65)(H2,52,66)(H,56,68)(H,57,72)(H,58,73)(H,59,67)(H,60,69)(H,61,70)(H,62,71)(H4,53,54,55)/t25-,29-,30+,31-,32+,33-,34-,35-,39-/m0/s1. The van der Waals surface area contributed by atoms with E-state index >= 15 is 0 Å². The van der Waals surface area contributed by atoms with Crippen LogP contribution in [0.2, 0.25) is 0 Å². The van der Waals surface area contributed by atoms with Crippen molar-refractivity contribution in [2.24, 2.45) is 45.3 Å². The van der Waals surface area contributed by atoms with Crippen molar-refractivity contribution in [2.75, 3.05) is 31.1 Å². The summed E-state index contributed by atoms with van der Waals surface area (Å²) in [4.78, 5) is 154. The molecule has 0 aromatic heterocycles. The number of guanidine groups is 1. The Labute approximate surface area is 447 Å². The fraction of sp³-hybridized carbons (Fsp3) is 0.542. The van der Waals surface area contributed by atoms with Crippen molar-refractivity contribution in [3.8, 4) is 0 Å². The number of unbranched alkanes of at least 4 members (excludes halogenated alkanes) is 1. The van der Waals surface area contributed by atoms with E-state index in [1.54, 1.807) is 19.9 Å². The van der Waals surface area contributed by atoms with Crippen LogP contribution >= 0.6 is 21.6 Å². The fourth-order valence-corrected chi connectivity index (χ4v) is 10.6. The van der Waals surface area contributed by atoms with Gasteiger partial charge in [0.1, 0.15) is 42.3 Å². The molecule has 19 N–H and O–H groups in total. The number of nitrogens with zero attached hydrogens (tertiary/aromatic N) is 2. The van der Waals surface area contributed by atoms with Gasteiger partial charge in [-0.1, -0.05) is 84.3 Å². The number of carbonyl (C=O) groups excluding carboxylic acids is 11. The van der Waals surface area contributed by atoms with Gasteiger partial charge >= 0.3 is 0 Å². The molecular weight excluding hydrogens is 1030 g/mol. The number of hydrogen-bond donors (Lipinski definition) is 13. The molecule has 9 atom stereocenters. The van der Waals surface area contributed by atoms with E-state index in [2.05, 4.69) is 42.2 Å². The summed E-state index contributed by atoms with van der Waals surface area (Å²) < 4.78 is 0. The Morgan fingerprint density at radius 2 is 1.42 bits per heavy atom. The van der Waals surface area contributed by atoms with E-state index < -0.39 is 145 Å². The lowest BCUT2D eigenvalue weighted by Gasteiger charge is -2.31. The second-order valence-electron chi connectivity index (χ2n) is 18.6. The topological polar surface area (TPSA) is 444 Å². The third-order valence-electron chi connectivity index (χ3n) is 12.7. The number of nitrogens with one attached hydrogen (secondary N) is 7. The second-order valence-corrected chi connectivity index (χ2v) is 21.1. The number of fused-ring (bicyclic) bond motifs is 1. The van der Waals surface area contributed by atoms with Crippen molar-refractivity contribution in [1.82, 2.24) is 42.1 Å². The Morgan fingerprint density at radius 1 is 0.763 bits per heavy atom. The van der Waals surface area contributed by atoms with Gasteiger partial charge < -0.3 is 76.5 Å². The summed E-state index contributed by atoms with van der Waals surface area (Å²) in [5.41, 5.74) is 34.1. The third-order valence-corrected chi connectivity index (χ3v) is 15.1. The first kappa shape index (κ1) is 61.3. The molecule has 2 aromatic rings. The number of hydrogen-bond acceptors (Lipinski definition) is 15. The van der Waals surface area contributed by atoms with Crippen LogP contribution in [0.5, 0.6) is 0 Å². The maximum atomic E-state index is 14.6. The van der Waals surface area contributed by atoms with E-state index in [0.29, 0.717) is 31.2 Å². The van der Waals surface area contributed by atoms with Crippen LogP contribution in [0.25, 0.3) is 10.8 Å². The minimum atomic E-state index is -1.76. The number of aliphatic imine (C=N–C) groups is 1. The smallest absolute Gasteiger partial charge is 0.246 e. The minimum absolute atomic E-state index is 0.0253. The van der Waals surface area contributed by atoms with E-state index in [1.807, 2.05) is 36.4 Å². The van der Waals surface area contributed by atoms with Gasteiger partial charge in [-0.05, 0) is 60.8 Å². The van der Waals surface area contributed by atoms with Crippen molar-refractivity contribution >= 4 is 103 Å². The molecule has 28 heteroatoms. The lowest BCUT2D eigenvalue weighted by molar-refractivity contribution is -0.142. The van der Waals surface area contributed by atoms with Gasteiger partial charge in [-0.2, -0.15) is 0 Å². The molecule has 416 valence electrons. The van der Waals surface area contributed by atoms with E-state index in [0.717, 1.165) is 32.4 Å². The Morgan fingerprint density at radius 3 is 2.09 bits per heavy atom. The normalized spacial score (nSPS) is 23.0. The number of likely N-dealkylation sites (tertiary alicyclic amines) is 1. The van der Waals surface area contributed by atoms with Gasteiger partial charge in [0.05, 0.1) is 19.0 Å². The zero-order valence-electron chi connectivity index (χ0n) is 42.5. The van der Waals surface area contributed by atoms with E-state index in [9.17, 15) is 52.7 Å². The van der Waals surface area contributed by atoms with Gasteiger partial charge in [-0.3, -0.25) is 57.7 Å². The number of carbonyl (C=O) groups is 11. The van der Waals surface area contributed by atoms with Crippen LogP contribution in [0.1, 0.15) is 77.2 Å². The largest absolute Gasteiger partial charge is 0.370 e. The highest BCUT2D eigenvalue weighted by Gasteiger charge is 2.41. The molecular formula is C48H71N15O11S2. The molecule has 26 nitrogen and oxygen atoms in total. The van der Waals surface area contributed by atoms with Crippen molar-refractivity contribution in [2.45, 2.75) is 126 Å². The average molecular weight is 1100 g/mol. The Hall–Kier alpha value is -7.20. The quantitative estimate of drug-likeness (QED) is 0.0262. The van der Waals surface area contributed by atoms with Crippen molar-refractivity contribution in [3.05, 3.63) is 48.0 Å². The molecule has 2 heterocycles. The molecule has 2 aromatic carbocycles. The maximum Gasteiger partial charge on any atom is 0.246 e. The highest BCUT2D eigenvalue weighted by atomic mass is 33.1. The first-order chi connectivity index (χ1) is 36.1. The first-order valence-corrected chi connectivity index (χ1v) is 27.4. The lowest BCUT2D eigenvalue weighted by Crippen LogP contribution is -2.61. The molecule has 0 saturated carbocycles. The van der Waals surface area contributed by atoms with Crippen LogP contribution in [-0.4, -0.2) is 155 Å². The van der Waals surface area contributed by atoms with Crippen LogP contribution in [0.15, 0.2) is 47.5 Å². The molecule has 11 amide bonds. The zero-order chi connectivity index (χ0) is 56.1. The zero-order valence-corrected chi connectivity index (χ0v) is 44.1. The fourth-order valence-electron chi connectivity index (χ4n) is 8.31. The number of rotatable bonds is 20. The maximum absolute atomic E-state index is 14.6. The summed E-state index contributed by atoms with van der Waals surface area (Å²) in [5, 5.41) is 19.9. The van der Waals surface area contributed by atoms with E-state index in [1.165, 1.54) is 4.90 Å². The third kappa shape index (κ3) is 19.5. The van der Waals surface area contributed by atoms with E-state index in [4.69, 9.17) is 34.4 Å². The number of primary amides is 3. The van der Waals surface area contributed by atoms with Crippen molar-refractivity contribution in [1.29, 1.82) is 0 Å². The van der Waals surface area contributed by atoms with Crippen LogP contribution in [-0.2, 0) is 59.2 Å². The molecule has 2 fully saturated rings. The minimum Gasteiger partial charge on any atom is -0.370 e. The van der Waals surface area contributed by atoms with Crippen molar-refractivity contribution in [3.63, 3.8) is 0 Å². The van der Waals surface area contributed by atoms with Crippen LogP contribution in [0.3, 0.4) is 0 Å². The SMILES string of the molecule is CC[C@H](C)[C@@H]1NC(=O)[C@@H](Cc2ccc3ccccc3c2)NC(=O)[C@@H](N)CSSC[C@@H](C(=O)N2CCC[C@H]2C(=O)N[C@H](CCCCN=C(N)N)C(=O)NCC(N)=O)NC(=O)[C@H](CC(N)=O)NC(=O)[C@H](CCC(N)=O)NC1=O. The summed E-state index contributed by atoms with van der Waals surface area (Å²) >= 11 is 0. The highest BCUT2D eigenvalue weighted by Crippen LogP contribution is 2.26. The van der Waals surface area contributed by atoms with Crippen molar-refractivity contribution < 1.29 is 52.7 Å². The molecule has 2 aliphatic rings. The predicted octanol–water partition coefficient (Wildman–Crippen LogP) is -3.76. The molecule has 0 unspecified atom stereocenters. The predicted molar refractivity (Wildman–Crippen MR) is 285 cm³/mol. The van der Waals surface area contributed by atoms with Gasteiger partial charge in [0.2, 0.25) is 65.0 Å². The summed E-state index contributed by atoms with van der Waals surface area (Å²) in [6.45, 7) is 3.19. The van der Waals surface area contributed by atoms with Gasteiger partial charge in [-0.15, -0.1) is 0 Å². The molecule has 76 heavy (non-hydrogen) atoms. The molecule has 2 aliphatic heterocycles. The number of benzene rings is 2. The molecule has 4 rings (SSSR count). The summed E-state index contributed by atoms with van der Waals surface area (Å²) in [6, 6.07) is 2.07. The van der Waals surface area contributed by atoms with Crippen LogP contribution in [0.4, 0.5) is 0 Å². The monoisotopic (exact) mass is 1100 g/mol. The Balaban J connectivity index is 1.69. The van der Waals surface area contributed by atoms with Gasteiger partial charge in [0.15, 0.2) is 5.96 Å².